The Labute approximate surface area is 137 Å². The van der Waals surface area contributed by atoms with Crippen LogP contribution in [-0.2, 0) is 11.3 Å². The van der Waals surface area contributed by atoms with Crippen molar-refractivity contribution in [2.24, 2.45) is 0 Å². The minimum atomic E-state index is -0.710. The number of urea groups is 1. The van der Waals surface area contributed by atoms with Gasteiger partial charge in [0.05, 0.1) is 0 Å². The van der Waals surface area contributed by atoms with Gasteiger partial charge < -0.3 is 15.5 Å². The number of carbonyl (C=O) groups excluding carboxylic acids is 2. The second-order valence-corrected chi connectivity index (χ2v) is 6.73. The van der Waals surface area contributed by atoms with Crippen molar-refractivity contribution in [3.63, 3.8) is 0 Å². The third kappa shape index (κ3) is 3.66. The first-order chi connectivity index (χ1) is 11.1. The molecule has 1 aromatic carbocycles. The molecule has 0 saturated heterocycles. The van der Waals surface area contributed by atoms with Gasteiger partial charge in [-0.2, -0.15) is 0 Å². The van der Waals surface area contributed by atoms with Gasteiger partial charge in [-0.05, 0) is 31.2 Å². The summed E-state index contributed by atoms with van der Waals surface area (Å²) in [7, 11) is 1.86. The summed E-state index contributed by atoms with van der Waals surface area (Å²) in [6.45, 7) is 0.468. The summed E-state index contributed by atoms with van der Waals surface area (Å²) in [5, 5.41) is 5.85. The number of hydrogen-bond donors (Lipinski definition) is 2. The number of likely N-dealkylation sites (N-methyl/N-ethyl adjacent to an activating group) is 1. The van der Waals surface area contributed by atoms with Gasteiger partial charge in [0.1, 0.15) is 5.54 Å². The zero-order valence-corrected chi connectivity index (χ0v) is 13.7. The standard InChI is InChI=1S/C18H25N3O2/c1-21(15-9-10-15)16(22)18(11-5-6-12-18)20-17(23)19-13-14-7-3-2-4-8-14/h2-4,7-8,15H,5-6,9-13H2,1H3,(H2,19,20,23). The van der Waals surface area contributed by atoms with Crippen LogP contribution in [-0.4, -0.2) is 35.5 Å². The van der Waals surface area contributed by atoms with Crippen molar-refractivity contribution < 1.29 is 9.59 Å². The Balaban J connectivity index is 1.60. The molecule has 23 heavy (non-hydrogen) atoms. The molecule has 2 saturated carbocycles. The van der Waals surface area contributed by atoms with Crippen molar-refractivity contribution in [3.8, 4) is 0 Å². The lowest BCUT2D eigenvalue weighted by Gasteiger charge is -2.33. The highest BCUT2D eigenvalue weighted by atomic mass is 16.2. The van der Waals surface area contributed by atoms with Gasteiger partial charge >= 0.3 is 6.03 Å². The van der Waals surface area contributed by atoms with Crippen molar-refractivity contribution >= 4 is 11.9 Å². The lowest BCUT2D eigenvalue weighted by Crippen LogP contribution is -2.59. The van der Waals surface area contributed by atoms with Crippen molar-refractivity contribution in [1.29, 1.82) is 0 Å². The first kappa shape index (κ1) is 15.8. The lowest BCUT2D eigenvalue weighted by molar-refractivity contribution is -0.137. The molecule has 2 N–H and O–H groups in total. The van der Waals surface area contributed by atoms with Crippen LogP contribution in [0.1, 0.15) is 44.1 Å². The first-order valence-electron chi connectivity index (χ1n) is 8.48. The number of nitrogens with one attached hydrogen (secondary N) is 2. The van der Waals surface area contributed by atoms with Gasteiger partial charge in [0, 0.05) is 19.6 Å². The number of hydrogen-bond acceptors (Lipinski definition) is 2. The SMILES string of the molecule is CN(C(=O)C1(NC(=O)NCc2ccccc2)CCCC1)C1CC1. The molecule has 124 valence electrons. The molecule has 3 amide bonds. The number of rotatable bonds is 5. The molecule has 0 aromatic heterocycles. The summed E-state index contributed by atoms with van der Waals surface area (Å²) in [5.41, 5.74) is 0.336. The van der Waals surface area contributed by atoms with Crippen molar-refractivity contribution in [2.75, 3.05) is 7.05 Å². The second-order valence-electron chi connectivity index (χ2n) is 6.73. The van der Waals surface area contributed by atoms with E-state index in [4.69, 9.17) is 0 Å². The Bertz CT molecular complexity index is 563. The van der Waals surface area contributed by atoms with Crippen LogP contribution in [0.25, 0.3) is 0 Å². The molecule has 2 aliphatic carbocycles. The smallest absolute Gasteiger partial charge is 0.315 e. The molecule has 2 aliphatic rings. The summed E-state index contributed by atoms with van der Waals surface area (Å²) >= 11 is 0. The summed E-state index contributed by atoms with van der Waals surface area (Å²) in [6.07, 6.45) is 5.62. The summed E-state index contributed by atoms with van der Waals surface area (Å²) in [6, 6.07) is 9.89. The van der Waals surface area contributed by atoms with Crippen LogP contribution in [0.2, 0.25) is 0 Å². The highest BCUT2D eigenvalue weighted by molar-refractivity contribution is 5.91. The molecular weight excluding hydrogens is 290 g/mol. The lowest BCUT2D eigenvalue weighted by atomic mass is 9.95. The maximum absolute atomic E-state index is 12.8. The van der Waals surface area contributed by atoms with Gasteiger partial charge in [-0.15, -0.1) is 0 Å². The van der Waals surface area contributed by atoms with Gasteiger partial charge in [0.25, 0.3) is 0 Å². The van der Waals surface area contributed by atoms with E-state index in [0.717, 1.165) is 44.1 Å². The molecule has 0 bridgehead atoms. The predicted octanol–water partition coefficient (Wildman–Crippen LogP) is 2.42. The fraction of sp³-hybridized carbons (Fsp3) is 0.556. The quantitative estimate of drug-likeness (QED) is 0.876. The van der Waals surface area contributed by atoms with Crippen molar-refractivity contribution in [1.82, 2.24) is 15.5 Å². The number of carbonyl (C=O) groups is 2. The van der Waals surface area contributed by atoms with Crippen LogP contribution in [0, 0.1) is 0 Å². The zero-order valence-electron chi connectivity index (χ0n) is 13.7. The fourth-order valence-corrected chi connectivity index (χ4v) is 3.38. The van der Waals surface area contributed by atoms with Crippen LogP contribution in [0.3, 0.4) is 0 Å². The molecule has 5 nitrogen and oxygen atoms in total. The van der Waals surface area contributed by atoms with Crippen LogP contribution in [0.5, 0.6) is 0 Å². The van der Waals surface area contributed by atoms with Crippen LogP contribution >= 0.6 is 0 Å². The second kappa shape index (κ2) is 6.60. The van der Waals surface area contributed by atoms with E-state index in [1.807, 2.05) is 42.3 Å². The van der Waals surface area contributed by atoms with Crippen molar-refractivity contribution in [3.05, 3.63) is 35.9 Å². The van der Waals surface area contributed by atoms with E-state index in [1.54, 1.807) is 0 Å². The molecule has 0 aliphatic heterocycles. The van der Waals surface area contributed by atoms with E-state index in [2.05, 4.69) is 10.6 Å². The maximum Gasteiger partial charge on any atom is 0.315 e. The van der Waals surface area contributed by atoms with Crippen LogP contribution in [0.15, 0.2) is 30.3 Å². The Morgan fingerprint density at radius 1 is 1.17 bits per heavy atom. The average Bonchev–Trinajstić information content (AvgIpc) is 3.32. The molecule has 0 radical (unpaired) electrons. The van der Waals surface area contributed by atoms with E-state index < -0.39 is 5.54 Å². The normalized spacial score (nSPS) is 19.2. The molecule has 0 atom stereocenters. The first-order valence-corrected chi connectivity index (χ1v) is 8.48. The van der Waals surface area contributed by atoms with Crippen LogP contribution in [0.4, 0.5) is 4.79 Å². The van der Waals surface area contributed by atoms with E-state index in [9.17, 15) is 9.59 Å². The molecule has 0 spiro atoms. The maximum atomic E-state index is 12.8. The van der Waals surface area contributed by atoms with Gasteiger partial charge in [-0.25, -0.2) is 4.79 Å². The number of benzene rings is 1. The van der Waals surface area contributed by atoms with E-state index in [1.165, 1.54) is 0 Å². The molecule has 1 aromatic rings. The highest BCUT2D eigenvalue weighted by Crippen LogP contribution is 2.35. The molecule has 5 heteroatoms. The Hall–Kier alpha value is -2.04. The van der Waals surface area contributed by atoms with E-state index in [0.29, 0.717) is 12.6 Å². The third-order valence-electron chi connectivity index (χ3n) is 4.93. The monoisotopic (exact) mass is 315 g/mol. The largest absolute Gasteiger partial charge is 0.341 e. The average molecular weight is 315 g/mol. The Morgan fingerprint density at radius 2 is 1.83 bits per heavy atom. The summed E-state index contributed by atoms with van der Waals surface area (Å²) in [5.74, 6) is 0.0763. The van der Waals surface area contributed by atoms with Gasteiger partial charge in [-0.3, -0.25) is 4.79 Å². The van der Waals surface area contributed by atoms with Gasteiger partial charge in [-0.1, -0.05) is 43.2 Å². The number of amides is 3. The Morgan fingerprint density at radius 3 is 2.43 bits per heavy atom. The minimum absolute atomic E-state index is 0.0763. The molecular formula is C18H25N3O2. The summed E-state index contributed by atoms with van der Waals surface area (Å²) in [4.78, 5) is 27.0. The van der Waals surface area contributed by atoms with Gasteiger partial charge in [0.15, 0.2) is 0 Å². The van der Waals surface area contributed by atoms with Crippen molar-refractivity contribution in [2.45, 2.75) is 56.7 Å². The molecule has 2 fully saturated rings. The Kier molecular flexibility index (Phi) is 4.55. The van der Waals surface area contributed by atoms with E-state index >= 15 is 0 Å². The fourth-order valence-electron chi connectivity index (χ4n) is 3.38. The molecule has 3 rings (SSSR count). The molecule has 0 unspecified atom stereocenters. The topological polar surface area (TPSA) is 61.4 Å². The summed E-state index contributed by atoms with van der Waals surface area (Å²) < 4.78 is 0. The third-order valence-corrected chi connectivity index (χ3v) is 4.93. The zero-order chi connectivity index (χ0) is 16.3. The van der Waals surface area contributed by atoms with Gasteiger partial charge in [0.2, 0.25) is 5.91 Å². The highest BCUT2D eigenvalue weighted by Gasteiger charge is 2.46. The van der Waals surface area contributed by atoms with Crippen LogP contribution < -0.4 is 10.6 Å². The molecule has 0 heterocycles. The predicted molar refractivity (Wildman–Crippen MR) is 88.8 cm³/mol. The minimum Gasteiger partial charge on any atom is -0.341 e. The number of nitrogens with zero attached hydrogens (tertiary/aromatic N) is 1. The van der Waals surface area contributed by atoms with E-state index in [-0.39, 0.29) is 11.9 Å².